The second-order valence-electron chi connectivity index (χ2n) is 5.40. The van der Waals surface area contributed by atoms with E-state index in [-0.39, 0.29) is 24.8 Å². The molecule has 0 bridgehead atoms. The van der Waals surface area contributed by atoms with E-state index in [0.29, 0.717) is 0 Å². The van der Waals surface area contributed by atoms with Crippen molar-refractivity contribution in [1.82, 2.24) is 0 Å². The fourth-order valence-corrected chi connectivity index (χ4v) is 17.0. The molecule has 2 rings (SSSR count). The van der Waals surface area contributed by atoms with Crippen molar-refractivity contribution in [2.24, 2.45) is 0 Å². The van der Waals surface area contributed by atoms with E-state index >= 15 is 0 Å². The number of hydrogen-bond donors (Lipinski definition) is 0. The summed E-state index contributed by atoms with van der Waals surface area (Å²) in [6.07, 6.45) is 16.3. The summed E-state index contributed by atoms with van der Waals surface area (Å²) in [5.74, 6) is 0. The standard InChI is InChI=1S/2C5H5.2C3H6.2ClH.Zr/c2*1-2-4-5-3-1;2*1-3-2;;;/h2*1-3H,4H2;2*1-2H3;2*1H;/q;;;;;;+2/p-2. The molecule has 0 N–H and O–H groups in total. The van der Waals surface area contributed by atoms with Gasteiger partial charge in [-0.25, -0.2) is 0 Å². The summed E-state index contributed by atoms with van der Waals surface area (Å²) in [5.41, 5.74) is 0. The van der Waals surface area contributed by atoms with Crippen molar-refractivity contribution in [3.63, 3.8) is 0 Å². The third kappa shape index (κ3) is 3.26. The van der Waals surface area contributed by atoms with Crippen LogP contribution in [0.1, 0.15) is 40.5 Å². The summed E-state index contributed by atoms with van der Waals surface area (Å²) in [4.78, 5) is 0. The van der Waals surface area contributed by atoms with Crippen molar-refractivity contribution in [3.8, 4) is 0 Å². The van der Waals surface area contributed by atoms with Gasteiger partial charge in [0.1, 0.15) is 0 Å². The van der Waals surface area contributed by atoms with Gasteiger partial charge in [0.2, 0.25) is 0 Å². The smallest absolute Gasteiger partial charge is 1.00 e. The number of allylic oxidation sites excluding steroid dienone is 8. The Labute approximate surface area is 133 Å². The van der Waals surface area contributed by atoms with Crippen LogP contribution in [0.4, 0.5) is 0 Å². The molecule has 0 fully saturated rings. The molecule has 0 aromatic carbocycles. The van der Waals surface area contributed by atoms with Gasteiger partial charge in [-0.1, -0.05) is 0 Å². The number of halogens is 2. The molecule has 0 spiro atoms. The summed E-state index contributed by atoms with van der Waals surface area (Å²) in [6.45, 7) is 9.45. The first-order valence-corrected chi connectivity index (χ1v) is 11.4. The monoisotopic (exact) mass is 374 g/mol. The van der Waals surface area contributed by atoms with Crippen LogP contribution in [-0.2, 0) is 19.3 Å². The molecule has 104 valence electrons. The third-order valence-corrected chi connectivity index (χ3v) is 17.9. The molecule has 0 heterocycles. The van der Waals surface area contributed by atoms with E-state index in [2.05, 4.69) is 64.2 Å². The normalized spacial score (nSPS) is 14.7. The molecule has 0 saturated carbocycles. The maximum atomic E-state index is 2.40. The van der Waals surface area contributed by atoms with Crippen LogP contribution in [0.2, 0.25) is 0 Å². The molecule has 0 aliphatic heterocycles. The van der Waals surface area contributed by atoms with Crippen LogP contribution in [0.15, 0.2) is 43.0 Å². The quantitative estimate of drug-likeness (QED) is 0.537. The van der Waals surface area contributed by atoms with Gasteiger partial charge < -0.3 is 24.8 Å². The minimum Gasteiger partial charge on any atom is -1.00 e. The Morgan fingerprint density at radius 2 is 1.16 bits per heavy atom. The molecule has 3 heteroatoms. The molecule has 0 unspecified atom stereocenters. The van der Waals surface area contributed by atoms with E-state index in [4.69, 9.17) is 0 Å². The summed E-state index contributed by atoms with van der Waals surface area (Å²) in [6, 6.07) is 0. The third-order valence-electron chi connectivity index (χ3n) is 4.01. The SMILES string of the molecule is C[C](C)=[Zr+2]([C]1=CC=CC1)([C]1=CC=CC1)=[C](C)C.[Cl-].[Cl-]. The van der Waals surface area contributed by atoms with Gasteiger partial charge in [-0.15, -0.1) is 0 Å². The van der Waals surface area contributed by atoms with Crippen LogP contribution in [0.25, 0.3) is 0 Å². The van der Waals surface area contributed by atoms with Crippen molar-refractivity contribution in [3.05, 3.63) is 43.0 Å². The van der Waals surface area contributed by atoms with E-state index < -0.39 is 19.3 Å². The second kappa shape index (κ2) is 7.82. The van der Waals surface area contributed by atoms with Gasteiger partial charge in [0.05, 0.1) is 0 Å². The minimum atomic E-state index is -2.55. The molecular weight excluding hydrogens is 354 g/mol. The summed E-state index contributed by atoms with van der Waals surface area (Å²) in [7, 11) is 0. The van der Waals surface area contributed by atoms with Gasteiger partial charge in [-0.3, -0.25) is 0 Å². The van der Waals surface area contributed by atoms with E-state index in [1.165, 1.54) is 12.8 Å². The Bertz CT molecular complexity index is 514. The molecule has 0 aromatic rings. The zero-order valence-electron chi connectivity index (χ0n) is 12.1. The van der Waals surface area contributed by atoms with Crippen molar-refractivity contribution in [1.29, 1.82) is 0 Å². The maximum absolute atomic E-state index is 2.55. The van der Waals surface area contributed by atoms with Crippen LogP contribution in [0.5, 0.6) is 0 Å². The fraction of sp³-hybridized carbons (Fsp3) is 0.375. The van der Waals surface area contributed by atoms with Gasteiger partial charge in [0.15, 0.2) is 0 Å². The Morgan fingerprint density at radius 1 is 0.789 bits per heavy atom. The van der Waals surface area contributed by atoms with Gasteiger partial charge in [-0.05, 0) is 0 Å². The summed E-state index contributed by atoms with van der Waals surface area (Å²) >= 11 is -2.55. The first-order chi connectivity index (χ1) is 8.10. The first kappa shape index (κ1) is 19.2. The van der Waals surface area contributed by atoms with Gasteiger partial charge >= 0.3 is 109 Å². The van der Waals surface area contributed by atoms with Crippen LogP contribution >= 0.6 is 0 Å². The second-order valence-corrected chi connectivity index (χ2v) is 17.2. The Morgan fingerprint density at radius 3 is 1.37 bits per heavy atom. The fourth-order valence-electron chi connectivity index (χ4n) is 3.44. The van der Waals surface area contributed by atoms with Crippen LogP contribution in [0.3, 0.4) is 0 Å². The Balaban J connectivity index is 0.00000162. The molecule has 2 aliphatic rings. The van der Waals surface area contributed by atoms with Gasteiger partial charge in [-0.2, -0.15) is 0 Å². The van der Waals surface area contributed by atoms with E-state index in [1.807, 2.05) is 0 Å². The average Bonchev–Trinajstić information content (AvgIpc) is 2.88. The largest absolute Gasteiger partial charge is 1.00 e. The average molecular weight is 376 g/mol. The molecule has 0 radical (unpaired) electrons. The predicted molar refractivity (Wildman–Crippen MR) is 76.4 cm³/mol. The molecule has 0 saturated heterocycles. The zero-order chi connectivity index (χ0) is 12.5. The predicted octanol–water partition coefficient (Wildman–Crippen LogP) is -1.74. The van der Waals surface area contributed by atoms with Crippen molar-refractivity contribution >= 4 is 6.41 Å². The summed E-state index contributed by atoms with van der Waals surface area (Å²) in [5, 5.41) is 0. The van der Waals surface area contributed by atoms with Crippen molar-refractivity contribution < 1.29 is 44.1 Å². The first-order valence-electron chi connectivity index (χ1n) is 6.43. The summed E-state index contributed by atoms with van der Waals surface area (Å²) < 4.78 is 6.89. The number of rotatable bonds is 2. The Kier molecular flexibility index (Phi) is 7.88. The van der Waals surface area contributed by atoms with Crippen molar-refractivity contribution in [2.45, 2.75) is 40.5 Å². The molecule has 19 heavy (non-hydrogen) atoms. The molecular formula is C16H22Cl2Zr. The minimum absolute atomic E-state index is 0. The molecule has 0 aromatic heterocycles. The van der Waals surface area contributed by atoms with E-state index in [1.54, 1.807) is 13.0 Å². The maximum Gasteiger partial charge on any atom is -1.00 e. The number of hydrogen-bond acceptors (Lipinski definition) is 0. The van der Waals surface area contributed by atoms with Gasteiger partial charge in [0, 0.05) is 0 Å². The molecule has 0 nitrogen and oxygen atoms in total. The van der Waals surface area contributed by atoms with Crippen molar-refractivity contribution in [2.75, 3.05) is 0 Å². The molecule has 0 atom stereocenters. The van der Waals surface area contributed by atoms with Crippen LogP contribution < -0.4 is 24.8 Å². The Hall–Kier alpha value is 0.163. The van der Waals surface area contributed by atoms with Gasteiger partial charge in [0.25, 0.3) is 0 Å². The molecule has 0 amide bonds. The van der Waals surface area contributed by atoms with Crippen LogP contribution in [-0.4, -0.2) is 6.41 Å². The van der Waals surface area contributed by atoms with E-state index in [9.17, 15) is 0 Å². The molecule has 2 aliphatic carbocycles. The topological polar surface area (TPSA) is 0 Å². The van der Waals surface area contributed by atoms with E-state index in [0.717, 1.165) is 0 Å². The van der Waals surface area contributed by atoms with Crippen LogP contribution in [0, 0.1) is 0 Å². The zero-order valence-corrected chi connectivity index (χ0v) is 16.1.